The number of aryl methyl sites for hydroxylation is 2. The van der Waals surface area contributed by atoms with Gasteiger partial charge in [0.2, 0.25) is 0 Å². The quantitative estimate of drug-likeness (QED) is 0.818. The largest absolute Gasteiger partial charge is 0.327 e. The predicted octanol–water partition coefficient (Wildman–Crippen LogP) is 3.34. The van der Waals surface area contributed by atoms with Gasteiger partial charge in [0, 0.05) is 16.5 Å². The summed E-state index contributed by atoms with van der Waals surface area (Å²) in [6.45, 7) is 6.27. The number of rotatable bonds is 2. The first-order valence-corrected chi connectivity index (χ1v) is 5.88. The Morgan fingerprint density at radius 2 is 1.93 bits per heavy atom. The lowest BCUT2D eigenvalue weighted by atomic mass is 9.87. The van der Waals surface area contributed by atoms with Crippen molar-refractivity contribution in [3.05, 3.63) is 33.8 Å². The van der Waals surface area contributed by atoms with Crippen molar-refractivity contribution in [1.29, 1.82) is 0 Å². The Morgan fingerprint density at radius 1 is 1.33 bits per heavy atom. The van der Waals surface area contributed by atoms with Crippen LogP contribution in [-0.4, -0.2) is 6.04 Å². The lowest BCUT2D eigenvalue weighted by Gasteiger charge is -2.23. The Bertz CT molecular complexity index is 392. The van der Waals surface area contributed by atoms with E-state index < -0.39 is 0 Å². The number of halogens is 1. The van der Waals surface area contributed by atoms with Crippen molar-refractivity contribution in [2.45, 2.75) is 45.1 Å². The van der Waals surface area contributed by atoms with Crippen LogP contribution < -0.4 is 5.73 Å². The third-order valence-corrected chi connectivity index (χ3v) is 4.10. The molecule has 1 unspecified atom stereocenters. The van der Waals surface area contributed by atoms with Gasteiger partial charge in [-0.25, -0.2) is 0 Å². The smallest absolute Gasteiger partial charge is 0.0473 e. The minimum Gasteiger partial charge on any atom is -0.327 e. The van der Waals surface area contributed by atoms with Crippen molar-refractivity contribution in [2.75, 3.05) is 0 Å². The van der Waals surface area contributed by atoms with Crippen LogP contribution in [0.5, 0.6) is 0 Å². The molecule has 0 amide bonds. The second-order valence-corrected chi connectivity index (χ2v) is 5.27. The van der Waals surface area contributed by atoms with Crippen LogP contribution in [0.3, 0.4) is 0 Å². The van der Waals surface area contributed by atoms with Crippen LogP contribution in [-0.2, 0) is 5.41 Å². The molecule has 2 N–H and O–H groups in total. The molecule has 1 saturated carbocycles. The Balaban J connectivity index is 2.53. The highest BCUT2D eigenvalue weighted by Crippen LogP contribution is 2.53. The molecule has 0 aliphatic heterocycles. The summed E-state index contributed by atoms with van der Waals surface area (Å²) in [5.74, 6) is 0. The van der Waals surface area contributed by atoms with Crippen molar-refractivity contribution in [3.63, 3.8) is 0 Å². The van der Waals surface area contributed by atoms with E-state index in [0.29, 0.717) is 0 Å². The summed E-state index contributed by atoms with van der Waals surface area (Å²) >= 11 is 6.38. The fraction of sp³-hybridized carbons (Fsp3) is 0.538. The summed E-state index contributed by atoms with van der Waals surface area (Å²) in [6.07, 6.45) is 2.35. The monoisotopic (exact) mass is 223 g/mol. The molecule has 0 aromatic heterocycles. The van der Waals surface area contributed by atoms with Crippen LogP contribution in [0.1, 0.15) is 36.5 Å². The van der Waals surface area contributed by atoms with Gasteiger partial charge in [-0.3, -0.25) is 0 Å². The summed E-state index contributed by atoms with van der Waals surface area (Å²) < 4.78 is 0. The van der Waals surface area contributed by atoms with Gasteiger partial charge in [-0.2, -0.15) is 0 Å². The summed E-state index contributed by atoms with van der Waals surface area (Å²) in [6, 6.07) is 4.52. The third kappa shape index (κ3) is 1.68. The van der Waals surface area contributed by atoms with Crippen LogP contribution in [0.2, 0.25) is 5.02 Å². The lowest BCUT2D eigenvalue weighted by molar-refractivity contribution is 0.556. The molecule has 2 rings (SSSR count). The maximum atomic E-state index is 6.38. The van der Waals surface area contributed by atoms with Crippen molar-refractivity contribution in [3.8, 4) is 0 Å². The van der Waals surface area contributed by atoms with Crippen LogP contribution in [0, 0.1) is 13.8 Å². The molecule has 1 aliphatic carbocycles. The van der Waals surface area contributed by atoms with Gasteiger partial charge in [-0.05, 0) is 44.7 Å². The molecule has 82 valence electrons. The Hall–Kier alpha value is -0.530. The van der Waals surface area contributed by atoms with E-state index in [-0.39, 0.29) is 11.5 Å². The number of benzene rings is 1. The molecule has 0 heterocycles. The minimum absolute atomic E-state index is 0.161. The van der Waals surface area contributed by atoms with Crippen LogP contribution >= 0.6 is 11.6 Å². The van der Waals surface area contributed by atoms with E-state index in [1.54, 1.807) is 0 Å². The highest BCUT2D eigenvalue weighted by molar-refractivity contribution is 6.32. The van der Waals surface area contributed by atoms with Gasteiger partial charge in [0.1, 0.15) is 0 Å². The van der Waals surface area contributed by atoms with Crippen molar-refractivity contribution in [2.24, 2.45) is 5.73 Å². The first kappa shape index (κ1) is 11.0. The maximum absolute atomic E-state index is 6.38. The Morgan fingerprint density at radius 3 is 2.40 bits per heavy atom. The topological polar surface area (TPSA) is 26.0 Å². The van der Waals surface area contributed by atoms with E-state index in [1.165, 1.54) is 29.5 Å². The molecule has 1 aromatic rings. The molecule has 0 radical (unpaired) electrons. The molecule has 1 nitrogen and oxygen atoms in total. The van der Waals surface area contributed by atoms with Gasteiger partial charge >= 0.3 is 0 Å². The predicted molar refractivity (Wildman–Crippen MR) is 65.5 cm³/mol. The molecular weight excluding hydrogens is 206 g/mol. The van der Waals surface area contributed by atoms with Gasteiger partial charge in [0.05, 0.1) is 0 Å². The fourth-order valence-corrected chi connectivity index (χ4v) is 2.71. The summed E-state index contributed by atoms with van der Waals surface area (Å²) in [7, 11) is 0. The second kappa shape index (κ2) is 3.50. The first-order valence-electron chi connectivity index (χ1n) is 5.50. The highest BCUT2D eigenvalue weighted by atomic mass is 35.5. The standard InChI is InChI=1S/C13H18ClN/c1-8-6-9(2)12(14)11(7-8)13(4-5-13)10(3)15/h6-7,10H,4-5,15H2,1-3H3. The summed E-state index contributed by atoms with van der Waals surface area (Å²) in [5.41, 5.74) is 9.94. The van der Waals surface area contributed by atoms with Crippen LogP contribution in [0.4, 0.5) is 0 Å². The van der Waals surface area contributed by atoms with Crippen molar-refractivity contribution < 1.29 is 0 Å². The van der Waals surface area contributed by atoms with Gasteiger partial charge in [-0.15, -0.1) is 0 Å². The van der Waals surface area contributed by atoms with E-state index >= 15 is 0 Å². The zero-order valence-electron chi connectivity index (χ0n) is 9.60. The van der Waals surface area contributed by atoms with Gasteiger partial charge in [0.15, 0.2) is 0 Å². The Kier molecular flexibility index (Phi) is 2.56. The highest BCUT2D eigenvalue weighted by Gasteiger charge is 2.48. The molecule has 1 fully saturated rings. The van der Waals surface area contributed by atoms with E-state index in [4.69, 9.17) is 17.3 Å². The molecule has 0 saturated heterocycles. The number of hydrogen-bond donors (Lipinski definition) is 1. The summed E-state index contributed by atoms with van der Waals surface area (Å²) in [4.78, 5) is 0. The molecule has 1 aliphatic rings. The summed E-state index contributed by atoms with van der Waals surface area (Å²) in [5, 5.41) is 0.912. The molecule has 1 atom stereocenters. The zero-order chi connectivity index (χ0) is 11.2. The molecule has 2 heteroatoms. The van der Waals surface area contributed by atoms with Crippen LogP contribution in [0.15, 0.2) is 12.1 Å². The molecule has 0 spiro atoms. The molecular formula is C13H18ClN. The lowest BCUT2D eigenvalue weighted by Crippen LogP contribution is -2.32. The van der Waals surface area contributed by atoms with Gasteiger partial charge in [-0.1, -0.05) is 29.3 Å². The first-order chi connectivity index (χ1) is 6.97. The molecule has 1 aromatic carbocycles. The normalized spacial score (nSPS) is 20.1. The number of hydrogen-bond acceptors (Lipinski definition) is 1. The third-order valence-electron chi connectivity index (χ3n) is 3.60. The average molecular weight is 224 g/mol. The average Bonchev–Trinajstić information content (AvgIpc) is 2.91. The maximum Gasteiger partial charge on any atom is 0.0473 e. The van der Waals surface area contributed by atoms with Gasteiger partial charge < -0.3 is 5.73 Å². The van der Waals surface area contributed by atoms with E-state index in [1.807, 2.05) is 0 Å². The zero-order valence-corrected chi connectivity index (χ0v) is 10.4. The molecule has 15 heavy (non-hydrogen) atoms. The van der Waals surface area contributed by atoms with Gasteiger partial charge in [0.25, 0.3) is 0 Å². The second-order valence-electron chi connectivity index (χ2n) is 4.89. The van der Waals surface area contributed by atoms with E-state index in [2.05, 4.69) is 32.9 Å². The minimum atomic E-state index is 0.161. The van der Waals surface area contributed by atoms with Crippen LogP contribution in [0.25, 0.3) is 0 Å². The number of nitrogens with two attached hydrogens (primary N) is 1. The fourth-order valence-electron chi connectivity index (χ4n) is 2.42. The molecule has 0 bridgehead atoms. The van der Waals surface area contributed by atoms with E-state index in [0.717, 1.165) is 5.02 Å². The Labute approximate surface area is 96.6 Å². The SMILES string of the molecule is Cc1cc(C)c(Cl)c(C2(C(C)N)CC2)c1. The van der Waals surface area contributed by atoms with Crippen molar-refractivity contribution >= 4 is 11.6 Å². The van der Waals surface area contributed by atoms with Crippen molar-refractivity contribution in [1.82, 2.24) is 0 Å². The van der Waals surface area contributed by atoms with E-state index in [9.17, 15) is 0 Å².